The van der Waals surface area contributed by atoms with E-state index in [0.717, 1.165) is 10.0 Å². The molecule has 0 bridgehead atoms. The number of halogens is 1. The lowest BCUT2D eigenvalue weighted by atomic mass is 10.0. The van der Waals surface area contributed by atoms with Crippen molar-refractivity contribution in [1.29, 1.82) is 0 Å². The van der Waals surface area contributed by atoms with Gasteiger partial charge in [-0.2, -0.15) is 0 Å². The molecule has 0 amide bonds. The van der Waals surface area contributed by atoms with E-state index < -0.39 is 0 Å². The summed E-state index contributed by atoms with van der Waals surface area (Å²) in [5, 5.41) is 14.1. The van der Waals surface area contributed by atoms with Gasteiger partial charge in [0.2, 0.25) is 5.75 Å². The molecule has 3 aromatic rings. The van der Waals surface area contributed by atoms with Gasteiger partial charge in [0.05, 0.1) is 33.5 Å². The fourth-order valence-electron chi connectivity index (χ4n) is 2.76. The van der Waals surface area contributed by atoms with Gasteiger partial charge >= 0.3 is 0 Å². The Bertz CT molecular complexity index is 897. The Labute approximate surface area is 159 Å². The summed E-state index contributed by atoms with van der Waals surface area (Å²) in [5.41, 5.74) is 2.58. The van der Waals surface area contributed by atoms with Gasteiger partial charge in [0.25, 0.3) is 0 Å². The molecule has 1 heterocycles. The summed E-state index contributed by atoms with van der Waals surface area (Å²) in [4.78, 5) is 0. The fraction of sp³-hybridized carbons (Fsp3) is 0.211. The van der Waals surface area contributed by atoms with E-state index in [9.17, 15) is 5.11 Å². The predicted molar refractivity (Wildman–Crippen MR) is 101 cm³/mol. The number of rotatable bonds is 6. The number of benzene rings is 2. The normalized spacial score (nSPS) is 10.7. The maximum atomic E-state index is 9.95. The van der Waals surface area contributed by atoms with Crippen molar-refractivity contribution in [2.75, 3.05) is 21.3 Å². The minimum Gasteiger partial charge on any atom is -0.493 e. The van der Waals surface area contributed by atoms with E-state index in [4.69, 9.17) is 18.7 Å². The summed E-state index contributed by atoms with van der Waals surface area (Å²) < 4.78 is 22.5. The minimum absolute atomic E-state index is 0.230. The number of hydrogen-bond acceptors (Lipinski definition) is 6. The highest BCUT2D eigenvalue weighted by atomic mass is 79.9. The van der Waals surface area contributed by atoms with Crippen LogP contribution in [-0.4, -0.2) is 31.6 Å². The number of nitrogens with zero attached hydrogens (tertiary/aromatic N) is 1. The van der Waals surface area contributed by atoms with E-state index in [2.05, 4.69) is 21.1 Å². The molecule has 0 spiro atoms. The molecule has 2 aromatic carbocycles. The Morgan fingerprint density at radius 1 is 1.04 bits per heavy atom. The van der Waals surface area contributed by atoms with Crippen LogP contribution < -0.4 is 14.2 Å². The average molecular weight is 420 g/mol. The summed E-state index contributed by atoms with van der Waals surface area (Å²) in [6, 6.07) is 11.1. The van der Waals surface area contributed by atoms with E-state index in [0.29, 0.717) is 39.8 Å². The first kappa shape index (κ1) is 18.3. The van der Waals surface area contributed by atoms with Crippen LogP contribution in [0.15, 0.2) is 45.4 Å². The molecule has 6 nitrogen and oxygen atoms in total. The van der Waals surface area contributed by atoms with Crippen LogP contribution in [0.3, 0.4) is 0 Å². The first-order valence-corrected chi connectivity index (χ1v) is 8.58. The Morgan fingerprint density at radius 3 is 2.23 bits per heavy atom. The monoisotopic (exact) mass is 419 g/mol. The lowest BCUT2D eigenvalue weighted by molar-refractivity contribution is 0.281. The molecule has 0 aliphatic rings. The topological polar surface area (TPSA) is 74.0 Å². The third kappa shape index (κ3) is 3.15. The Morgan fingerprint density at radius 2 is 1.69 bits per heavy atom. The molecule has 0 atom stereocenters. The maximum Gasteiger partial charge on any atom is 0.203 e. The van der Waals surface area contributed by atoms with E-state index in [1.54, 1.807) is 33.5 Å². The average Bonchev–Trinajstić information content (AvgIpc) is 3.10. The first-order valence-electron chi connectivity index (χ1n) is 7.79. The summed E-state index contributed by atoms with van der Waals surface area (Å²) in [7, 11) is 4.63. The molecule has 0 aliphatic carbocycles. The molecule has 1 aromatic heterocycles. The zero-order valence-electron chi connectivity index (χ0n) is 14.6. The van der Waals surface area contributed by atoms with Crippen molar-refractivity contribution in [3.8, 4) is 39.8 Å². The summed E-state index contributed by atoms with van der Waals surface area (Å²) in [5.74, 6) is 1.98. The van der Waals surface area contributed by atoms with Crippen molar-refractivity contribution < 1.29 is 23.8 Å². The molecule has 0 radical (unpaired) electrons. The molecule has 0 saturated carbocycles. The summed E-state index contributed by atoms with van der Waals surface area (Å²) >= 11 is 3.50. The molecule has 1 N–H and O–H groups in total. The molecular formula is C19H18BrNO5. The molecule has 0 fully saturated rings. The second kappa shape index (κ2) is 7.80. The summed E-state index contributed by atoms with van der Waals surface area (Å²) in [6.45, 7) is -0.230. The third-order valence-corrected chi connectivity index (χ3v) is 4.69. The highest BCUT2D eigenvalue weighted by Gasteiger charge is 2.22. The molecule has 136 valence electrons. The molecule has 26 heavy (non-hydrogen) atoms. The highest BCUT2D eigenvalue weighted by molar-refractivity contribution is 9.10. The molecule has 3 rings (SSSR count). The van der Waals surface area contributed by atoms with Gasteiger partial charge in [-0.15, -0.1) is 0 Å². The van der Waals surface area contributed by atoms with Gasteiger partial charge in [0.15, 0.2) is 17.3 Å². The largest absolute Gasteiger partial charge is 0.493 e. The smallest absolute Gasteiger partial charge is 0.203 e. The van der Waals surface area contributed by atoms with Gasteiger partial charge in [0, 0.05) is 15.6 Å². The van der Waals surface area contributed by atoms with Crippen LogP contribution in [0.5, 0.6) is 17.2 Å². The van der Waals surface area contributed by atoms with E-state index in [-0.39, 0.29) is 6.61 Å². The Kier molecular flexibility index (Phi) is 5.49. The van der Waals surface area contributed by atoms with Crippen LogP contribution in [0.1, 0.15) is 5.56 Å². The molecule has 0 unspecified atom stereocenters. The molecular weight excluding hydrogens is 402 g/mol. The third-order valence-electron chi connectivity index (χ3n) is 4.00. The molecule has 0 aliphatic heterocycles. The van der Waals surface area contributed by atoms with Crippen molar-refractivity contribution in [1.82, 2.24) is 5.16 Å². The fourth-order valence-corrected chi connectivity index (χ4v) is 3.22. The van der Waals surface area contributed by atoms with Crippen molar-refractivity contribution in [2.45, 2.75) is 6.61 Å². The van der Waals surface area contributed by atoms with Crippen LogP contribution in [0.4, 0.5) is 0 Å². The number of methoxy groups -OCH3 is 3. The van der Waals surface area contributed by atoms with E-state index in [1.807, 2.05) is 24.3 Å². The predicted octanol–water partition coefficient (Wildman–Crippen LogP) is 4.29. The number of aromatic nitrogens is 1. The second-order valence-corrected chi connectivity index (χ2v) is 6.25. The molecule has 0 saturated heterocycles. The number of aliphatic hydroxyl groups excluding tert-OH is 1. The minimum atomic E-state index is -0.230. The van der Waals surface area contributed by atoms with Crippen molar-refractivity contribution in [3.63, 3.8) is 0 Å². The standard InChI is InChI=1S/C19H18BrNO5/c1-23-15-8-11(9-16(24-2)19(15)25-3)17-13(10-22)18(26-21-17)12-6-4-5-7-14(12)20/h4-9,22H,10H2,1-3H3. The zero-order valence-corrected chi connectivity index (χ0v) is 16.2. The van der Waals surface area contributed by atoms with Gasteiger partial charge in [-0.3, -0.25) is 0 Å². The zero-order chi connectivity index (χ0) is 18.7. The van der Waals surface area contributed by atoms with Crippen LogP contribution in [0.25, 0.3) is 22.6 Å². The number of aliphatic hydroxyl groups is 1. The molecule has 7 heteroatoms. The lowest BCUT2D eigenvalue weighted by Gasteiger charge is -2.13. The quantitative estimate of drug-likeness (QED) is 0.642. The van der Waals surface area contributed by atoms with Crippen LogP contribution >= 0.6 is 15.9 Å². The van der Waals surface area contributed by atoms with Gasteiger partial charge in [-0.05, 0) is 24.3 Å². The number of hydrogen-bond donors (Lipinski definition) is 1. The van der Waals surface area contributed by atoms with Crippen molar-refractivity contribution >= 4 is 15.9 Å². The van der Waals surface area contributed by atoms with Gasteiger partial charge in [-0.1, -0.05) is 33.2 Å². The van der Waals surface area contributed by atoms with Crippen molar-refractivity contribution in [2.24, 2.45) is 0 Å². The van der Waals surface area contributed by atoms with Crippen LogP contribution in [-0.2, 0) is 6.61 Å². The second-order valence-electron chi connectivity index (χ2n) is 5.39. The van der Waals surface area contributed by atoms with Crippen molar-refractivity contribution in [3.05, 3.63) is 46.4 Å². The number of ether oxygens (including phenoxy) is 3. The maximum absolute atomic E-state index is 9.95. The van der Waals surface area contributed by atoms with Gasteiger partial charge in [0.1, 0.15) is 5.69 Å². The van der Waals surface area contributed by atoms with Gasteiger partial charge in [-0.25, -0.2) is 0 Å². The van der Waals surface area contributed by atoms with Crippen LogP contribution in [0.2, 0.25) is 0 Å². The summed E-state index contributed by atoms with van der Waals surface area (Å²) in [6.07, 6.45) is 0. The highest BCUT2D eigenvalue weighted by Crippen LogP contribution is 2.43. The Hall–Kier alpha value is -2.51. The van der Waals surface area contributed by atoms with Gasteiger partial charge < -0.3 is 23.8 Å². The van der Waals surface area contributed by atoms with E-state index >= 15 is 0 Å². The van der Waals surface area contributed by atoms with Crippen LogP contribution in [0, 0.1) is 0 Å². The lowest BCUT2D eigenvalue weighted by Crippen LogP contribution is -1.97. The first-order chi connectivity index (χ1) is 12.6. The van der Waals surface area contributed by atoms with E-state index in [1.165, 1.54) is 0 Å². The SMILES string of the molecule is COc1cc(-c2noc(-c3ccccc3Br)c2CO)cc(OC)c1OC. The Balaban J connectivity index is 2.18.